The van der Waals surface area contributed by atoms with E-state index in [0.29, 0.717) is 29.1 Å². The van der Waals surface area contributed by atoms with Crippen LogP contribution in [0.1, 0.15) is 29.3 Å². The van der Waals surface area contributed by atoms with Gasteiger partial charge < -0.3 is 10.1 Å². The number of amides is 2. The molecule has 0 aliphatic carbocycles. The fraction of sp³-hybridized carbons (Fsp3) is 0.368. The van der Waals surface area contributed by atoms with E-state index in [1.807, 2.05) is 25.1 Å². The molecule has 3 aromatic rings. The summed E-state index contributed by atoms with van der Waals surface area (Å²) in [6, 6.07) is 5.36. The first kappa shape index (κ1) is 20.2. The molecule has 0 fully saturated rings. The van der Waals surface area contributed by atoms with Gasteiger partial charge in [-0.05, 0) is 37.0 Å². The van der Waals surface area contributed by atoms with E-state index in [2.05, 4.69) is 39.7 Å². The summed E-state index contributed by atoms with van der Waals surface area (Å²) in [6.07, 6.45) is 3.42. The number of urea groups is 1. The maximum atomic E-state index is 12.4. The minimum atomic E-state index is -0.344. The topological polar surface area (TPSA) is 89.0 Å². The van der Waals surface area contributed by atoms with Crippen LogP contribution in [0.25, 0.3) is 0 Å². The van der Waals surface area contributed by atoms with Gasteiger partial charge in [-0.15, -0.1) is 32.9 Å². The van der Waals surface area contributed by atoms with Gasteiger partial charge in [-0.3, -0.25) is 5.32 Å². The Bertz CT molecular complexity index is 909. The minimum absolute atomic E-state index is 0.344. The van der Waals surface area contributed by atoms with Gasteiger partial charge in [0.15, 0.2) is 5.13 Å². The van der Waals surface area contributed by atoms with Crippen LogP contribution in [-0.4, -0.2) is 27.8 Å². The predicted molar refractivity (Wildman–Crippen MR) is 114 cm³/mol. The molecule has 0 spiro atoms. The standard InChI is InChI=1S/C19H23N5O2S2/c1-12(2)10-26-16-8-13(3)4-6-15(16)22-18(25)23-19-20-9-14(28-19)5-7-17-24-21-11-27-17/h4,6,8-9,11-12H,5,7,10H2,1-3H3,(H2,20,22,23,25). The van der Waals surface area contributed by atoms with Gasteiger partial charge in [0.05, 0.1) is 12.3 Å². The number of hydrogen-bond acceptors (Lipinski definition) is 7. The lowest BCUT2D eigenvalue weighted by atomic mass is 10.2. The highest BCUT2D eigenvalue weighted by molar-refractivity contribution is 7.15. The SMILES string of the molecule is Cc1ccc(NC(=O)Nc2ncc(CCc3nncs3)s2)c(OCC(C)C)c1. The van der Waals surface area contributed by atoms with Gasteiger partial charge in [-0.2, -0.15) is 0 Å². The van der Waals surface area contributed by atoms with Crippen LogP contribution in [0.2, 0.25) is 0 Å². The Balaban J connectivity index is 1.57. The lowest BCUT2D eigenvalue weighted by Crippen LogP contribution is -2.20. The van der Waals surface area contributed by atoms with Crippen LogP contribution in [0.5, 0.6) is 5.75 Å². The molecule has 1 aromatic carbocycles. The quantitative estimate of drug-likeness (QED) is 0.551. The molecule has 7 nitrogen and oxygen atoms in total. The van der Waals surface area contributed by atoms with Gasteiger partial charge in [-0.1, -0.05) is 19.9 Å². The first-order valence-electron chi connectivity index (χ1n) is 9.01. The van der Waals surface area contributed by atoms with E-state index in [-0.39, 0.29) is 6.03 Å². The van der Waals surface area contributed by atoms with Gasteiger partial charge in [0.1, 0.15) is 16.3 Å². The van der Waals surface area contributed by atoms with Gasteiger partial charge in [-0.25, -0.2) is 9.78 Å². The fourth-order valence-corrected chi connectivity index (χ4v) is 3.71. The van der Waals surface area contributed by atoms with E-state index in [1.54, 1.807) is 11.7 Å². The highest BCUT2D eigenvalue weighted by Crippen LogP contribution is 2.27. The summed E-state index contributed by atoms with van der Waals surface area (Å²) < 4.78 is 5.84. The van der Waals surface area contributed by atoms with Crippen molar-refractivity contribution in [2.75, 3.05) is 17.2 Å². The Hall–Kier alpha value is -2.52. The molecule has 0 unspecified atom stereocenters. The molecule has 2 heterocycles. The van der Waals surface area contributed by atoms with E-state index in [1.165, 1.54) is 22.7 Å². The van der Waals surface area contributed by atoms with Crippen molar-refractivity contribution in [3.8, 4) is 5.75 Å². The van der Waals surface area contributed by atoms with Crippen LogP contribution >= 0.6 is 22.7 Å². The predicted octanol–water partition coefficient (Wildman–Crippen LogP) is 4.77. The zero-order valence-corrected chi connectivity index (χ0v) is 17.7. The van der Waals surface area contributed by atoms with Crippen LogP contribution in [-0.2, 0) is 12.8 Å². The molecule has 9 heteroatoms. The van der Waals surface area contributed by atoms with Crippen LogP contribution in [0.4, 0.5) is 15.6 Å². The third kappa shape index (κ3) is 6.00. The summed E-state index contributed by atoms with van der Waals surface area (Å²) in [7, 11) is 0. The number of aryl methyl sites for hydroxylation is 3. The van der Waals surface area contributed by atoms with E-state index in [0.717, 1.165) is 28.3 Å². The molecule has 148 valence electrons. The van der Waals surface area contributed by atoms with Gasteiger partial charge in [0.25, 0.3) is 0 Å². The summed E-state index contributed by atoms with van der Waals surface area (Å²) in [4.78, 5) is 17.7. The highest BCUT2D eigenvalue weighted by atomic mass is 32.1. The summed E-state index contributed by atoms with van der Waals surface area (Å²) in [5, 5.41) is 15.1. The van der Waals surface area contributed by atoms with Crippen molar-refractivity contribution in [2.45, 2.75) is 33.6 Å². The monoisotopic (exact) mass is 417 g/mol. The van der Waals surface area contributed by atoms with Gasteiger partial charge in [0, 0.05) is 17.5 Å². The Kier molecular flexibility index (Phi) is 6.94. The molecule has 0 saturated carbocycles. The molecule has 0 aliphatic heterocycles. The average Bonchev–Trinajstić information content (AvgIpc) is 3.32. The second kappa shape index (κ2) is 9.61. The third-order valence-electron chi connectivity index (χ3n) is 3.72. The average molecular weight is 418 g/mol. The van der Waals surface area contributed by atoms with Gasteiger partial charge >= 0.3 is 6.03 Å². The number of nitrogens with one attached hydrogen (secondary N) is 2. The molecule has 3 rings (SSSR count). The maximum absolute atomic E-state index is 12.4. The number of aromatic nitrogens is 3. The molecule has 28 heavy (non-hydrogen) atoms. The van der Waals surface area contributed by atoms with Crippen LogP contribution in [0.15, 0.2) is 29.9 Å². The lowest BCUT2D eigenvalue weighted by Gasteiger charge is -2.14. The van der Waals surface area contributed by atoms with E-state index >= 15 is 0 Å². The molecule has 2 aromatic heterocycles. The summed E-state index contributed by atoms with van der Waals surface area (Å²) in [5.41, 5.74) is 3.44. The summed E-state index contributed by atoms with van der Waals surface area (Å²) in [6.45, 7) is 6.75. The molecule has 0 atom stereocenters. The molecular weight excluding hydrogens is 394 g/mol. The van der Waals surface area contributed by atoms with Crippen molar-refractivity contribution in [1.82, 2.24) is 15.2 Å². The number of hydrogen-bond donors (Lipinski definition) is 2. The number of ether oxygens (including phenoxy) is 1. The van der Waals surface area contributed by atoms with Crippen molar-refractivity contribution in [2.24, 2.45) is 5.92 Å². The zero-order valence-electron chi connectivity index (χ0n) is 16.1. The molecular formula is C19H23N5O2S2. The van der Waals surface area contributed by atoms with Crippen LogP contribution in [0, 0.1) is 12.8 Å². The second-order valence-electron chi connectivity index (χ2n) is 6.75. The number of carbonyl (C=O) groups excluding carboxylic acids is 1. The largest absolute Gasteiger partial charge is 0.491 e. The third-order valence-corrected chi connectivity index (χ3v) is 5.45. The summed E-state index contributed by atoms with van der Waals surface area (Å²) >= 11 is 3.00. The number of anilines is 2. The second-order valence-corrected chi connectivity index (χ2v) is 8.78. The van der Waals surface area contributed by atoms with Crippen molar-refractivity contribution >= 4 is 39.5 Å². The first-order chi connectivity index (χ1) is 13.5. The molecule has 0 bridgehead atoms. The first-order valence-corrected chi connectivity index (χ1v) is 10.7. The van der Waals surface area contributed by atoms with Crippen molar-refractivity contribution < 1.29 is 9.53 Å². The maximum Gasteiger partial charge on any atom is 0.325 e. The Morgan fingerprint density at radius 2 is 2.11 bits per heavy atom. The van der Waals surface area contributed by atoms with Crippen LogP contribution < -0.4 is 15.4 Å². The number of carbonyl (C=O) groups is 1. The Labute approximate surface area is 172 Å². The van der Waals surface area contributed by atoms with Crippen LogP contribution in [0.3, 0.4) is 0 Å². The molecule has 0 saturated heterocycles. The molecule has 2 amide bonds. The minimum Gasteiger partial charge on any atom is -0.491 e. The number of thiazole rings is 1. The van der Waals surface area contributed by atoms with Gasteiger partial charge in [0.2, 0.25) is 0 Å². The zero-order chi connectivity index (χ0) is 19.9. The van der Waals surface area contributed by atoms with Crippen molar-refractivity contribution in [1.29, 1.82) is 0 Å². The summed E-state index contributed by atoms with van der Waals surface area (Å²) in [5.74, 6) is 1.07. The van der Waals surface area contributed by atoms with E-state index in [4.69, 9.17) is 4.74 Å². The number of benzene rings is 1. The van der Waals surface area contributed by atoms with E-state index in [9.17, 15) is 4.79 Å². The normalized spacial score (nSPS) is 10.9. The highest BCUT2D eigenvalue weighted by Gasteiger charge is 2.11. The fourth-order valence-electron chi connectivity index (χ4n) is 2.38. The van der Waals surface area contributed by atoms with E-state index < -0.39 is 0 Å². The van der Waals surface area contributed by atoms with Crippen molar-refractivity contribution in [3.05, 3.63) is 45.4 Å². The number of rotatable bonds is 8. The smallest absolute Gasteiger partial charge is 0.325 e. The molecule has 0 aliphatic rings. The molecule has 2 N–H and O–H groups in total. The Morgan fingerprint density at radius 1 is 1.25 bits per heavy atom. The lowest BCUT2D eigenvalue weighted by molar-refractivity contribution is 0.260. The Morgan fingerprint density at radius 3 is 2.86 bits per heavy atom. The van der Waals surface area contributed by atoms with Crippen molar-refractivity contribution in [3.63, 3.8) is 0 Å². The number of nitrogens with zero attached hydrogens (tertiary/aromatic N) is 3. The molecule has 0 radical (unpaired) electrons.